The summed E-state index contributed by atoms with van der Waals surface area (Å²) in [6, 6.07) is 15.0. The van der Waals surface area contributed by atoms with Gasteiger partial charge in [0.25, 0.3) is 5.91 Å². The first-order valence-electron chi connectivity index (χ1n) is 9.74. The first-order valence-corrected chi connectivity index (χ1v) is 9.74. The topological polar surface area (TPSA) is 65.4 Å². The molecule has 1 N–H and O–H groups in total. The van der Waals surface area contributed by atoms with E-state index < -0.39 is 29.0 Å². The zero-order valence-corrected chi connectivity index (χ0v) is 17.6. The highest BCUT2D eigenvalue weighted by atomic mass is 19.2. The second-order valence-electron chi connectivity index (χ2n) is 6.94. The van der Waals surface area contributed by atoms with Crippen LogP contribution in [-0.2, 0) is 0 Å². The first kappa shape index (κ1) is 21.9. The van der Waals surface area contributed by atoms with Gasteiger partial charge in [0, 0.05) is 23.9 Å². The number of ether oxygens (including phenoxy) is 2. The fourth-order valence-corrected chi connectivity index (χ4v) is 3.26. The number of nitrogens with zero attached hydrogens (tertiary/aromatic N) is 2. The van der Waals surface area contributed by atoms with Gasteiger partial charge in [-0.3, -0.25) is 4.79 Å². The average Bonchev–Trinajstić information content (AvgIpc) is 3.28. The smallest absolute Gasteiger partial charge is 0.259 e. The molecule has 168 valence electrons. The molecule has 0 unspecified atom stereocenters. The second kappa shape index (κ2) is 9.07. The number of rotatable bonds is 6. The van der Waals surface area contributed by atoms with Crippen LogP contribution in [0.1, 0.15) is 10.4 Å². The number of carbonyl (C=O) groups excluding carboxylic acids is 1. The number of hydrogen-bond donors (Lipinski definition) is 1. The number of para-hydroxylation sites is 1. The summed E-state index contributed by atoms with van der Waals surface area (Å²) in [5.74, 6) is -3.60. The number of methoxy groups -OCH3 is 2. The number of anilines is 1. The minimum Gasteiger partial charge on any atom is -0.493 e. The molecule has 4 aromatic rings. The van der Waals surface area contributed by atoms with E-state index in [1.54, 1.807) is 30.3 Å². The van der Waals surface area contributed by atoms with Crippen LogP contribution in [0.2, 0.25) is 0 Å². The van der Waals surface area contributed by atoms with E-state index in [-0.39, 0.29) is 11.3 Å². The molecular weight excluding hydrogens is 435 g/mol. The third-order valence-corrected chi connectivity index (χ3v) is 4.89. The van der Waals surface area contributed by atoms with Crippen molar-refractivity contribution in [2.24, 2.45) is 0 Å². The quantitative estimate of drug-likeness (QED) is 0.406. The summed E-state index contributed by atoms with van der Waals surface area (Å²) < 4.78 is 53.1. The number of amides is 1. The van der Waals surface area contributed by atoms with Crippen molar-refractivity contribution in [2.75, 3.05) is 19.5 Å². The molecule has 0 aliphatic heterocycles. The number of carbonyl (C=O) groups is 1. The Morgan fingerprint density at radius 3 is 2.27 bits per heavy atom. The van der Waals surface area contributed by atoms with E-state index in [1.807, 2.05) is 18.2 Å². The summed E-state index contributed by atoms with van der Waals surface area (Å²) in [6.45, 7) is 0. The molecule has 3 aromatic carbocycles. The number of hydrogen-bond acceptors (Lipinski definition) is 4. The fourth-order valence-electron chi connectivity index (χ4n) is 3.26. The molecule has 0 radical (unpaired) electrons. The van der Waals surface area contributed by atoms with Crippen molar-refractivity contribution in [3.8, 4) is 28.4 Å². The van der Waals surface area contributed by atoms with E-state index in [9.17, 15) is 18.0 Å². The number of nitrogens with one attached hydrogen (secondary N) is 1. The van der Waals surface area contributed by atoms with Crippen LogP contribution in [0, 0.1) is 17.5 Å². The fraction of sp³-hybridized carbons (Fsp3) is 0.0833. The van der Waals surface area contributed by atoms with E-state index in [1.165, 1.54) is 25.1 Å². The van der Waals surface area contributed by atoms with Gasteiger partial charge < -0.3 is 14.8 Å². The lowest BCUT2D eigenvalue weighted by atomic mass is 10.1. The first-order chi connectivity index (χ1) is 15.9. The van der Waals surface area contributed by atoms with Crippen molar-refractivity contribution in [3.05, 3.63) is 89.9 Å². The zero-order chi connectivity index (χ0) is 23.5. The normalized spacial score (nSPS) is 10.7. The van der Waals surface area contributed by atoms with E-state index >= 15 is 0 Å². The second-order valence-corrected chi connectivity index (χ2v) is 6.94. The van der Waals surface area contributed by atoms with Gasteiger partial charge in [0.05, 0.1) is 31.2 Å². The van der Waals surface area contributed by atoms with Gasteiger partial charge in [0.2, 0.25) is 0 Å². The lowest BCUT2D eigenvalue weighted by molar-refractivity contribution is 0.102. The summed E-state index contributed by atoms with van der Waals surface area (Å²) in [7, 11) is 2.97. The molecule has 1 amide bonds. The largest absolute Gasteiger partial charge is 0.493 e. The van der Waals surface area contributed by atoms with Gasteiger partial charge in [-0.15, -0.1) is 0 Å². The minimum atomic E-state index is -1.35. The molecule has 0 saturated carbocycles. The average molecular weight is 453 g/mol. The predicted molar refractivity (Wildman–Crippen MR) is 116 cm³/mol. The molecule has 0 saturated heterocycles. The molecule has 4 rings (SSSR count). The van der Waals surface area contributed by atoms with E-state index in [0.717, 1.165) is 0 Å². The number of halogens is 3. The molecule has 1 aromatic heterocycles. The highest BCUT2D eigenvalue weighted by Gasteiger charge is 2.22. The molecule has 0 aliphatic rings. The maximum atomic E-state index is 14.1. The Bertz CT molecular complexity index is 1320. The third kappa shape index (κ3) is 4.38. The van der Waals surface area contributed by atoms with Gasteiger partial charge in [0.1, 0.15) is 11.5 Å². The molecule has 0 aliphatic carbocycles. The van der Waals surface area contributed by atoms with E-state index in [4.69, 9.17) is 9.47 Å². The van der Waals surface area contributed by atoms with Crippen LogP contribution >= 0.6 is 0 Å². The number of benzene rings is 3. The Kier molecular flexibility index (Phi) is 6.03. The van der Waals surface area contributed by atoms with Crippen LogP contribution in [0.15, 0.2) is 66.9 Å². The lowest BCUT2D eigenvalue weighted by Gasteiger charge is -2.10. The van der Waals surface area contributed by atoms with Crippen molar-refractivity contribution in [1.29, 1.82) is 0 Å². The zero-order valence-electron chi connectivity index (χ0n) is 17.6. The lowest BCUT2D eigenvalue weighted by Crippen LogP contribution is -2.14. The summed E-state index contributed by atoms with van der Waals surface area (Å²) in [5.41, 5.74) is 1.05. The van der Waals surface area contributed by atoms with Crippen LogP contribution < -0.4 is 14.8 Å². The van der Waals surface area contributed by atoms with Crippen molar-refractivity contribution in [2.45, 2.75) is 0 Å². The molecular formula is C24H18F3N3O3. The molecule has 0 atom stereocenters. The van der Waals surface area contributed by atoms with Crippen LogP contribution in [0.3, 0.4) is 0 Å². The van der Waals surface area contributed by atoms with Gasteiger partial charge >= 0.3 is 0 Å². The molecule has 9 heteroatoms. The van der Waals surface area contributed by atoms with Crippen LogP contribution in [-0.4, -0.2) is 29.9 Å². The summed E-state index contributed by atoms with van der Waals surface area (Å²) in [5, 5.41) is 6.82. The predicted octanol–water partition coefficient (Wildman–Crippen LogP) is 5.23. The van der Waals surface area contributed by atoms with Gasteiger partial charge in [-0.25, -0.2) is 17.9 Å². The van der Waals surface area contributed by atoms with Gasteiger partial charge in [-0.2, -0.15) is 5.10 Å². The van der Waals surface area contributed by atoms with E-state index in [2.05, 4.69) is 10.4 Å². The van der Waals surface area contributed by atoms with Crippen molar-refractivity contribution < 1.29 is 27.4 Å². The Morgan fingerprint density at radius 1 is 0.879 bits per heavy atom. The van der Waals surface area contributed by atoms with Gasteiger partial charge in [-0.05, 0) is 30.3 Å². The Labute approximate surface area is 187 Å². The monoisotopic (exact) mass is 453 g/mol. The van der Waals surface area contributed by atoms with Gasteiger partial charge in [-0.1, -0.05) is 18.2 Å². The van der Waals surface area contributed by atoms with Crippen molar-refractivity contribution >= 4 is 11.6 Å². The highest BCUT2D eigenvalue weighted by molar-refractivity contribution is 6.08. The SMILES string of the molecule is COc1ccc(-c2nn(-c3ccccc3)cc2C(=O)Nc2cc(F)c(F)cc2F)cc1OC. The van der Waals surface area contributed by atoms with Crippen LogP contribution in [0.4, 0.5) is 18.9 Å². The van der Waals surface area contributed by atoms with Crippen LogP contribution in [0.5, 0.6) is 11.5 Å². The molecule has 1 heterocycles. The minimum absolute atomic E-state index is 0.0789. The standard InChI is InChI=1S/C24H18F3N3O3/c1-32-21-9-8-14(10-22(21)33-2)23-16(13-30(29-23)15-6-4-3-5-7-15)24(31)28-20-12-18(26)17(25)11-19(20)27/h3-13H,1-2H3,(H,28,31). The van der Waals surface area contributed by atoms with Crippen molar-refractivity contribution in [1.82, 2.24) is 9.78 Å². The summed E-state index contributed by atoms with van der Waals surface area (Å²) in [6.07, 6.45) is 1.47. The molecule has 0 spiro atoms. The molecule has 0 fully saturated rings. The van der Waals surface area contributed by atoms with Crippen molar-refractivity contribution in [3.63, 3.8) is 0 Å². The molecule has 6 nitrogen and oxygen atoms in total. The number of aromatic nitrogens is 2. The van der Waals surface area contributed by atoms with Crippen LogP contribution in [0.25, 0.3) is 16.9 Å². The Balaban J connectivity index is 1.80. The highest BCUT2D eigenvalue weighted by Crippen LogP contribution is 2.34. The van der Waals surface area contributed by atoms with E-state index in [0.29, 0.717) is 34.9 Å². The maximum absolute atomic E-state index is 14.1. The Morgan fingerprint density at radius 2 is 1.58 bits per heavy atom. The van der Waals surface area contributed by atoms with Gasteiger partial charge in [0.15, 0.2) is 23.1 Å². The maximum Gasteiger partial charge on any atom is 0.259 e. The third-order valence-electron chi connectivity index (χ3n) is 4.89. The molecule has 33 heavy (non-hydrogen) atoms. The summed E-state index contributed by atoms with van der Waals surface area (Å²) >= 11 is 0. The molecule has 0 bridgehead atoms. The Hall–Kier alpha value is -4.27. The summed E-state index contributed by atoms with van der Waals surface area (Å²) in [4.78, 5) is 13.1.